The second-order valence-corrected chi connectivity index (χ2v) is 3.60. The molecule has 0 rings (SSSR count). The lowest BCUT2D eigenvalue weighted by molar-refractivity contribution is -0.171. The van der Waals surface area contributed by atoms with Gasteiger partial charge in [-0.15, -0.1) is 0 Å². The van der Waals surface area contributed by atoms with Gasteiger partial charge in [-0.3, -0.25) is 9.63 Å². The van der Waals surface area contributed by atoms with Crippen molar-refractivity contribution in [1.29, 1.82) is 0 Å². The Balaban J connectivity index is 4.47. The quantitative estimate of drug-likeness (QED) is 0.567. The van der Waals surface area contributed by atoms with Gasteiger partial charge in [-0.2, -0.15) is 0 Å². The Hall–Kier alpha value is -1.56. The van der Waals surface area contributed by atoms with Crippen LogP contribution >= 0.6 is 0 Å². The Labute approximate surface area is 102 Å². The molecule has 6 nitrogen and oxygen atoms in total. The molecule has 98 valence electrons. The van der Waals surface area contributed by atoms with E-state index in [2.05, 4.69) is 11.9 Å². The van der Waals surface area contributed by atoms with Crippen LogP contribution in [0.3, 0.4) is 0 Å². The normalized spacial score (nSPS) is 11.5. The molecule has 0 aromatic carbocycles. The standard InChI is InChI=1S/C11H20N2O4/c1-6-7-9(10(14)13(4)16-5)12-11(15)17-8(2)3/h9H,2,6-7H2,1,3-5H3,(H,12,15)/t9-/m0/s1. The first kappa shape index (κ1) is 15.4. The summed E-state index contributed by atoms with van der Waals surface area (Å²) in [6.45, 7) is 6.91. The van der Waals surface area contributed by atoms with E-state index in [-0.39, 0.29) is 11.7 Å². The van der Waals surface area contributed by atoms with Gasteiger partial charge in [0.2, 0.25) is 0 Å². The highest BCUT2D eigenvalue weighted by Gasteiger charge is 2.24. The van der Waals surface area contributed by atoms with E-state index in [0.717, 1.165) is 11.5 Å². The van der Waals surface area contributed by atoms with E-state index < -0.39 is 12.1 Å². The minimum absolute atomic E-state index is 0.269. The number of rotatable bonds is 6. The molecule has 0 saturated heterocycles. The van der Waals surface area contributed by atoms with Crippen LogP contribution in [0.2, 0.25) is 0 Å². The third-order valence-electron chi connectivity index (χ3n) is 2.02. The number of nitrogens with one attached hydrogen (secondary N) is 1. The number of hydrogen-bond acceptors (Lipinski definition) is 4. The molecular formula is C11H20N2O4. The van der Waals surface area contributed by atoms with Crippen LogP contribution < -0.4 is 5.32 Å². The lowest BCUT2D eigenvalue weighted by Crippen LogP contribution is -2.47. The zero-order valence-electron chi connectivity index (χ0n) is 10.8. The number of allylic oxidation sites excluding steroid dienone is 1. The molecule has 0 bridgehead atoms. The van der Waals surface area contributed by atoms with E-state index in [1.807, 2.05) is 6.92 Å². The van der Waals surface area contributed by atoms with E-state index >= 15 is 0 Å². The SMILES string of the molecule is C=C(C)OC(=O)N[C@@H](CCC)C(=O)N(C)OC. The molecule has 0 spiro atoms. The average molecular weight is 244 g/mol. The molecule has 1 N–H and O–H groups in total. The number of likely N-dealkylation sites (N-methyl/N-ethyl adjacent to an activating group) is 1. The molecule has 0 heterocycles. The molecule has 0 aliphatic carbocycles. The van der Waals surface area contributed by atoms with Gasteiger partial charge in [0.15, 0.2) is 0 Å². The summed E-state index contributed by atoms with van der Waals surface area (Å²) in [7, 11) is 2.86. The van der Waals surface area contributed by atoms with Crippen LogP contribution in [0.4, 0.5) is 4.79 Å². The first-order valence-corrected chi connectivity index (χ1v) is 5.37. The smallest absolute Gasteiger partial charge is 0.412 e. The van der Waals surface area contributed by atoms with Crippen LogP contribution in [0, 0.1) is 0 Å². The number of nitrogens with zero attached hydrogens (tertiary/aromatic N) is 1. The second kappa shape index (κ2) is 7.67. The zero-order valence-corrected chi connectivity index (χ0v) is 10.8. The summed E-state index contributed by atoms with van der Waals surface area (Å²) in [5, 5.41) is 3.54. The second-order valence-electron chi connectivity index (χ2n) is 3.60. The number of carbonyl (C=O) groups excluding carboxylic acids is 2. The molecule has 0 radical (unpaired) electrons. The molecule has 2 amide bonds. The highest BCUT2D eigenvalue weighted by Crippen LogP contribution is 2.03. The van der Waals surface area contributed by atoms with Gasteiger partial charge >= 0.3 is 6.09 Å². The fourth-order valence-electron chi connectivity index (χ4n) is 1.19. The van der Waals surface area contributed by atoms with Crippen LogP contribution in [0.5, 0.6) is 0 Å². The van der Waals surface area contributed by atoms with Crippen molar-refractivity contribution in [3.8, 4) is 0 Å². The summed E-state index contributed by atoms with van der Waals surface area (Å²) >= 11 is 0. The Kier molecular flexibility index (Phi) is 6.97. The molecule has 6 heteroatoms. The minimum atomic E-state index is -0.686. The minimum Gasteiger partial charge on any atom is -0.416 e. The number of carbonyl (C=O) groups is 2. The first-order chi connectivity index (χ1) is 7.92. The predicted octanol–water partition coefficient (Wildman–Crippen LogP) is 1.43. The summed E-state index contributed by atoms with van der Waals surface area (Å²) in [5.74, 6) is -0.0571. The molecule has 0 aliphatic rings. The van der Waals surface area contributed by atoms with Crippen LogP contribution in [0.1, 0.15) is 26.7 Å². The van der Waals surface area contributed by atoms with Gasteiger partial charge in [0.25, 0.3) is 5.91 Å². The highest BCUT2D eigenvalue weighted by atomic mass is 16.7. The Morgan fingerprint density at radius 2 is 2.06 bits per heavy atom. The van der Waals surface area contributed by atoms with Crippen molar-refractivity contribution in [2.75, 3.05) is 14.2 Å². The van der Waals surface area contributed by atoms with Crippen molar-refractivity contribution in [3.05, 3.63) is 12.3 Å². The van der Waals surface area contributed by atoms with E-state index in [0.29, 0.717) is 6.42 Å². The monoisotopic (exact) mass is 244 g/mol. The third kappa shape index (κ3) is 5.91. The van der Waals surface area contributed by atoms with Gasteiger partial charge in [-0.05, 0) is 13.3 Å². The van der Waals surface area contributed by atoms with Crippen LogP contribution in [-0.2, 0) is 14.4 Å². The fourth-order valence-corrected chi connectivity index (χ4v) is 1.19. The Morgan fingerprint density at radius 3 is 2.47 bits per heavy atom. The first-order valence-electron chi connectivity index (χ1n) is 5.37. The maximum absolute atomic E-state index is 11.8. The Morgan fingerprint density at radius 1 is 1.47 bits per heavy atom. The van der Waals surface area contributed by atoms with Crippen molar-refractivity contribution in [2.45, 2.75) is 32.7 Å². The molecule has 0 fully saturated rings. The summed E-state index contributed by atoms with van der Waals surface area (Å²) in [6.07, 6.45) is 0.577. The lowest BCUT2D eigenvalue weighted by atomic mass is 10.1. The number of hydroxylamine groups is 2. The van der Waals surface area contributed by atoms with Gasteiger partial charge in [-0.25, -0.2) is 9.86 Å². The molecule has 0 saturated carbocycles. The van der Waals surface area contributed by atoms with E-state index in [4.69, 9.17) is 9.57 Å². The van der Waals surface area contributed by atoms with E-state index in [1.165, 1.54) is 14.2 Å². The molecule has 0 aromatic heterocycles. The summed E-state index contributed by atoms with van der Waals surface area (Å²) in [4.78, 5) is 27.9. The van der Waals surface area contributed by atoms with Crippen molar-refractivity contribution in [1.82, 2.24) is 10.4 Å². The van der Waals surface area contributed by atoms with Crippen molar-refractivity contribution < 1.29 is 19.2 Å². The highest BCUT2D eigenvalue weighted by molar-refractivity contribution is 5.84. The number of amides is 2. The van der Waals surface area contributed by atoms with Crippen molar-refractivity contribution >= 4 is 12.0 Å². The third-order valence-corrected chi connectivity index (χ3v) is 2.02. The van der Waals surface area contributed by atoms with Gasteiger partial charge in [-0.1, -0.05) is 19.9 Å². The largest absolute Gasteiger partial charge is 0.416 e. The summed E-state index contributed by atoms with van der Waals surface area (Å²) < 4.78 is 4.73. The van der Waals surface area contributed by atoms with Gasteiger partial charge in [0.05, 0.1) is 12.9 Å². The molecule has 0 unspecified atom stereocenters. The van der Waals surface area contributed by atoms with Crippen molar-refractivity contribution in [3.63, 3.8) is 0 Å². The predicted molar refractivity (Wildman–Crippen MR) is 62.9 cm³/mol. The van der Waals surface area contributed by atoms with Gasteiger partial charge in [0, 0.05) is 7.05 Å². The maximum Gasteiger partial charge on any atom is 0.412 e. The molecule has 17 heavy (non-hydrogen) atoms. The topological polar surface area (TPSA) is 67.9 Å². The lowest BCUT2D eigenvalue weighted by Gasteiger charge is -2.22. The molecule has 1 atom stereocenters. The molecular weight excluding hydrogens is 224 g/mol. The van der Waals surface area contributed by atoms with Crippen LogP contribution in [0.15, 0.2) is 12.3 Å². The van der Waals surface area contributed by atoms with E-state index in [9.17, 15) is 9.59 Å². The van der Waals surface area contributed by atoms with Crippen LogP contribution in [0.25, 0.3) is 0 Å². The van der Waals surface area contributed by atoms with Gasteiger partial charge in [0.1, 0.15) is 6.04 Å². The van der Waals surface area contributed by atoms with Crippen LogP contribution in [-0.4, -0.2) is 37.3 Å². The Bertz CT molecular complexity index is 291. The zero-order chi connectivity index (χ0) is 13.4. The number of ether oxygens (including phenoxy) is 1. The molecule has 0 aromatic rings. The summed E-state index contributed by atoms with van der Waals surface area (Å²) in [6, 6.07) is -0.656. The maximum atomic E-state index is 11.8. The number of hydrogen-bond donors (Lipinski definition) is 1. The summed E-state index contributed by atoms with van der Waals surface area (Å²) in [5.41, 5.74) is 0. The van der Waals surface area contributed by atoms with E-state index in [1.54, 1.807) is 6.92 Å². The molecule has 0 aliphatic heterocycles. The van der Waals surface area contributed by atoms with Gasteiger partial charge < -0.3 is 10.1 Å². The number of alkyl carbamates (subject to hydrolysis) is 1. The fraction of sp³-hybridized carbons (Fsp3) is 0.636. The van der Waals surface area contributed by atoms with Crippen molar-refractivity contribution in [2.24, 2.45) is 0 Å². The average Bonchev–Trinajstić information content (AvgIpc) is 2.25.